The van der Waals surface area contributed by atoms with Gasteiger partial charge in [-0.2, -0.15) is 0 Å². The molecule has 0 aliphatic rings. The molecule has 0 amide bonds. The van der Waals surface area contributed by atoms with Crippen molar-refractivity contribution in [3.8, 4) is 0 Å². The maximum atomic E-state index is 6.39. The molecule has 2 N–H and O–H groups in total. The second-order valence-corrected chi connectivity index (χ2v) is 6.53. The van der Waals surface area contributed by atoms with Crippen LogP contribution >= 0.6 is 15.9 Å². The van der Waals surface area contributed by atoms with Crippen molar-refractivity contribution in [1.29, 1.82) is 0 Å². The number of nitrogens with two attached hydrogens (primary N) is 1. The number of rotatable bonds is 4. The lowest BCUT2D eigenvalue weighted by molar-refractivity contribution is 0.408. The predicted octanol–water partition coefficient (Wildman–Crippen LogP) is 4.51. The highest BCUT2D eigenvalue weighted by molar-refractivity contribution is 9.10. The first-order valence-corrected chi connectivity index (χ1v) is 7.34. The van der Waals surface area contributed by atoms with E-state index in [0.29, 0.717) is 5.92 Å². The van der Waals surface area contributed by atoms with Gasteiger partial charge in [0, 0.05) is 15.9 Å². The lowest BCUT2D eigenvalue weighted by Crippen LogP contribution is -2.40. The molecule has 0 unspecified atom stereocenters. The third-order valence-electron chi connectivity index (χ3n) is 3.43. The van der Waals surface area contributed by atoms with Crippen LogP contribution < -0.4 is 5.73 Å². The van der Waals surface area contributed by atoms with Crippen LogP contribution in [0.2, 0.25) is 0 Å². The first kappa shape index (κ1) is 14.3. The summed E-state index contributed by atoms with van der Waals surface area (Å²) in [7, 11) is 0. The summed E-state index contributed by atoms with van der Waals surface area (Å²) in [5.41, 5.74) is 8.75. The molecule has 0 aliphatic carbocycles. The highest BCUT2D eigenvalue weighted by Crippen LogP contribution is 2.31. The Hall–Kier alpha value is -1.12. The summed E-state index contributed by atoms with van der Waals surface area (Å²) in [6.07, 6.45) is 0.959. The summed E-state index contributed by atoms with van der Waals surface area (Å²) in [5, 5.41) is 0. The van der Waals surface area contributed by atoms with Crippen molar-refractivity contribution >= 4 is 15.9 Å². The summed E-state index contributed by atoms with van der Waals surface area (Å²) in [6.45, 7) is 4.20. The molecule has 2 aromatic carbocycles. The molecule has 0 bridgehead atoms. The van der Waals surface area contributed by atoms with E-state index in [-0.39, 0.29) is 5.54 Å². The van der Waals surface area contributed by atoms with Gasteiger partial charge >= 0.3 is 0 Å². The van der Waals surface area contributed by atoms with Gasteiger partial charge < -0.3 is 5.73 Å². The number of hydrogen-bond donors (Lipinski definition) is 1. The lowest BCUT2D eigenvalue weighted by atomic mass is 9.79. The van der Waals surface area contributed by atoms with Gasteiger partial charge in [-0.1, -0.05) is 58.4 Å². The normalized spacial score (nSPS) is 13.3. The van der Waals surface area contributed by atoms with Gasteiger partial charge in [-0.3, -0.25) is 0 Å². The van der Waals surface area contributed by atoms with E-state index in [1.54, 1.807) is 0 Å². The van der Waals surface area contributed by atoms with Crippen molar-refractivity contribution in [3.63, 3.8) is 0 Å². The van der Waals surface area contributed by atoms with Crippen LogP contribution in [-0.4, -0.2) is 5.54 Å². The zero-order valence-corrected chi connectivity index (χ0v) is 13.0. The van der Waals surface area contributed by atoms with Crippen molar-refractivity contribution in [3.05, 3.63) is 70.2 Å². The second-order valence-electron chi connectivity index (χ2n) is 5.62. The highest BCUT2D eigenvalue weighted by Gasteiger charge is 2.27. The summed E-state index contributed by atoms with van der Waals surface area (Å²) in [5.74, 6) is 0.299. The number of halogens is 1. The van der Waals surface area contributed by atoms with Gasteiger partial charge in [-0.15, -0.1) is 0 Å². The second kappa shape index (κ2) is 5.89. The lowest BCUT2D eigenvalue weighted by Gasteiger charge is -2.31. The fourth-order valence-corrected chi connectivity index (χ4v) is 2.80. The van der Waals surface area contributed by atoms with Crippen LogP contribution in [0, 0.1) is 0 Å². The molecule has 0 saturated carbocycles. The van der Waals surface area contributed by atoms with Crippen LogP contribution in [0.25, 0.3) is 0 Å². The monoisotopic (exact) mass is 317 g/mol. The van der Waals surface area contributed by atoms with Gasteiger partial charge in [0.15, 0.2) is 0 Å². The quantitative estimate of drug-likeness (QED) is 0.882. The van der Waals surface area contributed by atoms with E-state index in [4.69, 9.17) is 5.73 Å². The van der Waals surface area contributed by atoms with Gasteiger partial charge in [-0.25, -0.2) is 0 Å². The SMILES string of the molecule is CC(C)(N)[C@@H](Cc1ccccc1)c1cccc(Br)c1. The van der Waals surface area contributed by atoms with E-state index >= 15 is 0 Å². The largest absolute Gasteiger partial charge is 0.325 e. The zero-order valence-electron chi connectivity index (χ0n) is 11.4. The molecule has 2 rings (SSSR count). The van der Waals surface area contributed by atoms with Crippen LogP contribution in [0.4, 0.5) is 0 Å². The Morgan fingerprint density at radius 1 is 1.05 bits per heavy atom. The number of hydrogen-bond acceptors (Lipinski definition) is 1. The molecular weight excluding hydrogens is 298 g/mol. The minimum absolute atomic E-state index is 0.253. The Labute approximate surface area is 124 Å². The van der Waals surface area contributed by atoms with Crippen LogP contribution in [-0.2, 0) is 6.42 Å². The van der Waals surface area contributed by atoms with E-state index in [9.17, 15) is 0 Å². The molecule has 0 saturated heterocycles. The zero-order chi connectivity index (χ0) is 13.9. The third kappa shape index (κ3) is 3.92. The standard InChI is InChI=1S/C17H20BrN/c1-17(2,19)16(11-13-7-4-3-5-8-13)14-9-6-10-15(18)12-14/h3-10,12,16H,11,19H2,1-2H3/t16-/m0/s1. The molecule has 1 nitrogen and oxygen atoms in total. The fraction of sp³-hybridized carbons (Fsp3) is 0.294. The molecule has 2 aromatic rings. The van der Waals surface area contributed by atoms with E-state index in [1.807, 2.05) is 12.1 Å². The topological polar surface area (TPSA) is 26.0 Å². The van der Waals surface area contributed by atoms with Crippen LogP contribution in [0.15, 0.2) is 59.1 Å². The maximum absolute atomic E-state index is 6.39. The molecule has 0 radical (unpaired) electrons. The van der Waals surface area contributed by atoms with Crippen LogP contribution in [0.5, 0.6) is 0 Å². The minimum atomic E-state index is -0.253. The van der Waals surface area contributed by atoms with E-state index in [1.165, 1.54) is 11.1 Å². The molecule has 100 valence electrons. The molecule has 19 heavy (non-hydrogen) atoms. The molecule has 1 atom stereocenters. The Kier molecular flexibility index (Phi) is 4.43. The smallest absolute Gasteiger partial charge is 0.0178 e. The summed E-state index contributed by atoms with van der Waals surface area (Å²) in [6, 6.07) is 19.0. The molecule has 0 aliphatic heterocycles. The Morgan fingerprint density at radius 2 is 1.74 bits per heavy atom. The molecular formula is C17H20BrN. The molecule has 2 heteroatoms. The molecule has 0 aromatic heterocycles. The molecule has 0 heterocycles. The van der Waals surface area contributed by atoms with E-state index in [0.717, 1.165) is 10.9 Å². The molecule has 0 spiro atoms. The van der Waals surface area contributed by atoms with Crippen LogP contribution in [0.1, 0.15) is 30.9 Å². The minimum Gasteiger partial charge on any atom is -0.325 e. The average molecular weight is 318 g/mol. The summed E-state index contributed by atoms with van der Waals surface area (Å²) < 4.78 is 1.10. The van der Waals surface area contributed by atoms with Gasteiger partial charge in [0.2, 0.25) is 0 Å². The van der Waals surface area contributed by atoms with Crippen LogP contribution in [0.3, 0.4) is 0 Å². The first-order valence-electron chi connectivity index (χ1n) is 6.55. The van der Waals surface area contributed by atoms with Gasteiger partial charge in [-0.05, 0) is 43.5 Å². The maximum Gasteiger partial charge on any atom is 0.0178 e. The van der Waals surface area contributed by atoms with Gasteiger partial charge in [0.25, 0.3) is 0 Å². The van der Waals surface area contributed by atoms with Crippen molar-refractivity contribution < 1.29 is 0 Å². The third-order valence-corrected chi connectivity index (χ3v) is 3.93. The van der Waals surface area contributed by atoms with Crippen molar-refractivity contribution in [2.75, 3.05) is 0 Å². The van der Waals surface area contributed by atoms with Crippen molar-refractivity contribution in [2.45, 2.75) is 31.7 Å². The number of benzene rings is 2. The highest BCUT2D eigenvalue weighted by atomic mass is 79.9. The Bertz CT molecular complexity index is 528. The summed E-state index contributed by atoms with van der Waals surface area (Å²) in [4.78, 5) is 0. The van der Waals surface area contributed by atoms with E-state index in [2.05, 4.69) is 72.2 Å². The predicted molar refractivity (Wildman–Crippen MR) is 85.3 cm³/mol. The Balaban J connectivity index is 2.32. The van der Waals surface area contributed by atoms with Crippen molar-refractivity contribution in [2.24, 2.45) is 5.73 Å². The molecule has 0 fully saturated rings. The van der Waals surface area contributed by atoms with Crippen molar-refractivity contribution in [1.82, 2.24) is 0 Å². The Morgan fingerprint density at radius 3 is 2.32 bits per heavy atom. The fourth-order valence-electron chi connectivity index (χ4n) is 2.38. The summed E-state index contributed by atoms with van der Waals surface area (Å²) >= 11 is 3.54. The average Bonchev–Trinajstić information content (AvgIpc) is 2.36. The first-order chi connectivity index (χ1) is 8.97. The van der Waals surface area contributed by atoms with Gasteiger partial charge in [0.05, 0.1) is 0 Å². The van der Waals surface area contributed by atoms with Gasteiger partial charge in [0.1, 0.15) is 0 Å². The van der Waals surface area contributed by atoms with E-state index < -0.39 is 0 Å².